The smallest absolute Gasteiger partial charge is 0.397 e. The predicted octanol–water partition coefficient (Wildman–Crippen LogP) is 3.21. The molecule has 9 heteroatoms. The predicted molar refractivity (Wildman–Crippen MR) is 117 cm³/mol. The second-order valence-electron chi connectivity index (χ2n) is 7.52. The highest BCUT2D eigenvalue weighted by atomic mass is 32.1. The Morgan fingerprint density at radius 2 is 2.03 bits per heavy atom. The van der Waals surface area contributed by atoms with Crippen LogP contribution < -0.4 is 9.64 Å². The third-order valence-corrected chi connectivity index (χ3v) is 6.32. The van der Waals surface area contributed by atoms with Crippen LogP contribution in [0.1, 0.15) is 28.9 Å². The molecule has 4 rings (SSSR count). The highest BCUT2D eigenvalue weighted by Crippen LogP contribution is 2.34. The number of benzene rings is 1. The molecule has 0 spiro atoms. The molecule has 1 aliphatic carbocycles. The Balaban J connectivity index is 1.76. The number of anilines is 1. The van der Waals surface area contributed by atoms with Crippen molar-refractivity contribution in [2.24, 2.45) is 5.92 Å². The molecule has 0 atom stereocenters. The van der Waals surface area contributed by atoms with Gasteiger partial charge in [-0.2, -0.15) is 0 Å². The lowest BCUT2D eigenvalue weighted by atomic mass is 10.1. The van der Waals surface area contributed by atoms with Gasteiger partial charge < -0.3 is 9.47 Å². The second-order valence-corrected chi connectivity index (χ2v) is 8.39. The zero-order chi connectivity index (χ0) is 22.1. The van der Waals surface area contributed by atoms with Crippen molar-refractivity contribution in [1.29, 1.82) is 0 Å². The van der Waals surface area contributed by atoms with Gasteiger partial charge in [-0.15, -0.1) is 11.3 Å². The van der Waals surface area contributed by atoms with E-state index in [2.05, 4.69) is 9.72 Å². The van der Waals surface area contributed by atoms with Gasteiger partial charge in [0.05, 0.1) is 26.2 Å². The standard InChI is InChI=1S/C22H23N3O5S/c1-13-16(11-19(26)24(12-14-4-5-14)22-23-8-9-31-22)17-10-15(29-2)6-7-18(17)25(13)20(27)21(28)30-3/h6-10,14H,4-5,11-12H2,1-3H3. The molecule has 0 unspecified atom stereocenters. The molecule has 1 amide bonds. The third kappa shape index (κ3) is 4.05. The van der Waals surface area contributed by atoms with E-state index in [0.29, 0.717) is 45.5 Å². The first-order valence-electron chi connectivity index (χ1n) is 9.95. The van der Waals surface area contributed by atoms with Crippen molar-refractivity contribution in [3.63, 3.8) is 0 Å². The summed E-state index contributed by atoms with van der Waals surface area (Å²) < 4.78 is 11.3. The van der Waals surface area contributed by atoms with Gasteiger partial charge in [0, 0.05) is 29.2 Å². The number of ether oxygens (including phenoxy) is 2. The van der Waals surface area contributed by atoms with E-state index in [1.807, 2.05) is 5.38 Å². The normalized spacial score (nSPS) is 13.3. The summed E-state index contributed by atoms with van der Waals surface area (Å²) in [6.45, 7) is 2.36. The topological polar surface area (TPSA) is 90.7 Å². The van der Waals surface area contributed by atoms with Crippen LogP contribution in [0.15, 0.2) is 29.8 Å². The Labute approximate surface area is 183 Å². The summed E-state index contributed by atoms with van der Waals surface area (Å²) in [6, 6.07) is 5.20. The van der Waals surface area contributed by atoms with Gasteiger partial charge in [0.15, 0.2) is 5.13 Å². The van der Waals surface area contributed by atoms with E-state index < -0.39 is 11.9 Å². The maximum absolute atomic E-state index is 13.4. The largest absolute Gasteiger partial charge is 0.497 e. The Kier molecular flexibility index (Phi) is 5.77. The average molecular weight is 442 g/mol. The van der Waals surface area contributed by atoms with E-state index in [4.69, 9.17) is 4.74 Å². The van der Waals surface area contributed by atoms with Gasteiger partial charge in [-0.3, -0.25) is 19.1 Å². The molecule has 0 N–H and O–H groups in total. The van der Waals surface area contributed by atoms with Crippen LogP contribution in [0.2, 0.25) is 0 Å². The van der Waals surface area contributed by atoms with Crippen LogP contribution in [0.25, 0.3) is 10.9 Å². The van der Waals surface area contributed by atoms with Crippen molar-refractivity contribution in [2.75, 3.05) is 25.7 Å². The minimum atomic E-state index is -0.966. The first-order chi connectivity index (χ1) is 14.9. The monoisotopic (exact) mass is 441 g/mol. The van der Waals surface area contributed by atoms with Crippen LogP contribution in [-0.4, -0.2) is 48.1 Å². The Bertz CT molecular complexity index is 1150. The van der Waals surface area contributed by atoms with E-state index in [9.17, 15) is 14.4 Å². The lowest BCUT2D eigenvalue weighted by molar-refractivity contribution is -0.135. The van der Waals surface area contributed by atoms with Gasteiger partial charge in [-0.1, -0.05) is 0 Å². The molecule has 162 valence electrons. The summed E-state index contributed by atoms with van der Waals surface area (Å²) >= 11 is 1.42. The van der Waals surface area contributed by atoms with E-state index >= 15 is 0 Å². The van der Waals surface area contributed by atoms with Crippen LogP contribution >= 0.6 is 11.3 Å². The number of aromatic nitrogens is 2. The summed E-state index contributed by atoms with van der Waals surface area (Å²) in [5.74, 6) is -0.775. The average Bonchev–Trinajstić information content (AvgIpc) is 3.36. The number of thiazole rings is 1. The van der Waals surface area contributed by atoms with Crippen LogP contribution in [0.5, 0.6) is 5.75 Å². The van der Waals surface area contributed by atoms with Gasteiger partial charge in [0.2, 0.25) is 5.91 Å². The van der Waals surface area contributed by atoms with Crippen LogP contribution in [0.4, 0.5) is 5.13 Å². The highest BCUT2D eigenvalue weighted by Gasteiger charge is 2.31. The molecular weight excluding hydrogens is 418 g/mol. The molecule has 31 heavy (non-hydrogen) atoms. The molecule has 1 fully saturated rings. The summed E-state index contributed by atoms with van der Waals surface area (Å²) in [4.78, 5) is 44.1. The number of amides is 1. The van der Waals surface area contributed by atoms with Crippen molar-refractivity contribution in [2.45, 2.75) is 26.2 Å². The van der Waals surface area contributed by atoms with Crippen LogP contribution in [0.3, 0.4) is 0 Å². The number of esters is 1. The number of carbonyl (C=O) groups excluding carboxylic acids is 3. The quantitative estimate of drug-likeness (QED) is 0.431. The molecule has 0 radical (unpaired) electrons. The first kappa shape index (κ1) is 21.0. The van der Waals surface area contributed by atoms with E-state index in [1.54, 1.807) is 43.3 Å². The second kappa shape index (κ2) is 8.50. The van der Waals surface area contributed by atoms with Crippen LogP contribution in [0, 0.1) is 12.8 Å². The maximum Gasteiger partial charge on any atom is 0.397 e. The van der Waals surface area contributed by atoms with Gasteiger partial charge in [-0.05, 0) is 49.4 Å². The number of carbonyl (C=O) groups is 3. The van der Waals surface area contributed by atoms with E-state index in [1.165, 1.54) is 23.0 Å². The fourth-order valence-corrected chi connectivity index (χ4v) is 4.36. The fourth-order valence-electron chi connectivity index (χ4n) is 3.69. The molecule has 0 bridgehead atoms. The van der Waals surface area contributed by atoms with Crippen molar-refractivity contribution in [3.05, 3.63) is 41.0 Å². The molecule has 2 heterocycles. The Hall–Kier alpha value is -3.20. The molecule has 8 nitrogen and oxygen atoms in total. The zero-order valence-corrected chi connectivity index (χ0v) is 18.4. The molecule has 0 aliphatic heterocycles. The number of fused-ring (bicyclic) bond motifs is 1. The molecular formula is C22H23N3O5S. The molecule has 1 saturated carbocycles. The first-order valence-corrected chi connectivity index (χ1v) is 10.8. The fraction of sp³-hybridized carbons (Fsp3) is 0.364. The minimum Gasteiger partial charge on any atom is -0.497 e. The SMILES string of the molecule is COC(=O)C(=O)n1c(C)c(CC(=O)N(CC2CC2)c2nccs2)c2cc(OC)ccc21. The molecule has 2 aromatic heterocycles. The number of methoxy groups -OCH3 is 2. The van der Waals surface area contributed by atoms with E-state index in [0.717, 1.165) is 12.8 Å². The van der Waals surface area contributed by atoms with Crippen molar-refractivity contribution in [3.8, 4) is 5.75 Å². The summed E-state index contributed by atoms with van der Waals surface area (Å²) in [7, 11) is 2.72. The summed E-state index contributed by atoms with van der Waals surface area (Å²) in [5, 5.41) is 3.20. The summed E-state index contributed by atoms with van der Waals surface area (Å²) in [6.07, 6.45) is 3.98. The lowest BCUT2D eigenvalue weighted by Gasteiger charge is -2.20. The minimum absolute atomic E-state index is 0.0727. The molecule has 0 saturated heterocycles. The van der Waals surface area contributed by atoms with Crippen molar-refractivity contribution in [1.82, 2.24) is 9.55 Å². The van der Waals surface area contributed by atoms with Crippen LogP contribution in [-0.2, 0) is 20.7 Å². The van der Waals surface area contributed by atoms with Crippen molar-refractivity contribution < 1.29 is 23.9 Å². The number of nitrogens with zero attached hydrogens (tertiary/aromatic N) is 3. The van der Waals surface area contributed by atoms with Gasteiger partial charge >= 0.3 is 11.9 Å². The third-order valence-electron chi connectivity index (χ3n) is 5.52. The van der Waals surface area contributed by atoms with Gasteiger partial charge in [-0.25, -0.2) is 9.78 Å². The number of hydrogen-bond donors (Lipinski definition) is 0. The maximum atomic E-state index is 13.4. The zero-order valence-electron chi connectivity index (χ0n) is 17.6. The molecule has 1 aromatic carbocycles. The molecule has 1 aliphatic rings. The van der Waals surface area contributed by atoms with E-state index in [-0.39, 0.29) is 12.3 Å². The highest BCUT2D eigenvalue weighted by molar-refractivity contribution is 7.13. The summed E-state index contributed by atoms with van der Waals surface area (Å²) in [5.41, 5.74) is 1.73. The Morgan fingerprint density at radius 3 is 2.65 bits per heavy atom. The number of hydrogen-bond acceptors (Lipinski definition) is 7. The Morgan fingerprint density at radius 1 is 1.26 bits per heavy atom. The number of rotatable bonds is 6. The van der Waals surface area contributed by atoms with Gasteiger partial charge in [0.25, 0.3) is 0 Å². The lowest BCUT2D eigenvalue weighted by Crippen LogP contribution is -2.34. The molecule has 3 aromatic rings. The van der Waals surface area contributed by atoms with Gasteiger partial charge in [0.1, 0.15) is 5.75 Å². The van der Waals surface area contributed by atoms with Crippen molar-refractivity contribution >= 4 is 45.2 Å².